The number of halogens is 2. The van der Waals surface area contributed by atoms with Crippen LogP contribution in [0.1, 0.15) is 25.2 Å². The third kappa shape index (κ3) is 5.71. The van der Waals surface area contributed by atoms with Gasteiger partial charge in [-0.1, -0.05) is 86.1 Å². The summed E-state index contributed by atoms with van der Waals surface area (Å²) in [5, 5.41) is 3.11. The highest BCUT2D eigenvalue weighted by atomic mass is 35.5. The molecule has 0 aliphatic carbocycles. The molecule has 0 bridgehead atoms. The van der Waals surface area contributed by atoms with Crippen LogP contribution in [0.5, 0.6) is 0 Å². The molecule has 3 rings (SSSR count). The molecular weight excluding hydrogens is 415 g/mol. The van der Waals surface area contributed by atoms with Crippen molar-refractivity contribution in [3.8, 4) is 11.3 Å². The fraction of sp³-hybridized carbons (Fsp3) is 0.292. The Morgan fingerprint density at radius 3 is 2.42 bits per heavy atom. The third-order valence-electron chi connectivity index (χ3n) is 4.98. The quantitative estimate of drug-likeness (QED) is 0.521. The van der Waals surface area contributed by atoms with Crippen molar-refractivity contribution in [2.75, 3.05) is 13.1 Å². The molecule has 0 saturated carbocycles. The Labute approximate surface area is 187 Å². The number of rotatable bonds is 9. The van der Waals surface area contributed by atoms with E-state index in [0.717, 1.165) is 11.1 Å². The van der Waals surface area contributed by atoms with E-state index >= 15 is 0 Å². The Kier molecular flexibility index (Phi) is 7.46. The molecule has 0 spiro atoms. The van der Waals surface area contributed by atoms with Crippen molar-refractivity contribution in [3.63, 3.8) is 0 Å². The minimum absolute atomic E-state index is 0.124. The lowest BCUT2D eigenvalue weighted by atomic mass is 9.87. The second-order valence-electron chi connectivity index (χ2n) is 7.96. The van der Waals surface area contributed by atoms with Crippen LogP contribution in [0.3, 0.4) is 0 Å². The van der Waals surface area contributed by atoms with Gasteiger partial charge < -0.3 is 15.6 Å². The standard InChI is InChI=1S/C24H27ClFN4O/c1-24(2,23(31)28-15-19(26)14-27)13-20-29-21(18-11-7-4-8-12-18)22(25)30(20)16-17-9-5-3-6-10-17/h3-13,19H,14-16,27H2,1-2H3,(H,28,31)/t19-/m1/s1. The number of hydrogen-bond donors (Lipinski definition) is 2. The van der Waals surface area contributed by atoms with Crippen molar-refractivity contribution in [1.82, 2.24) is 14.9 Å². The fourth-order valence-corrected chi connectivity index (χ4v) is 3.46. The second kappa shape index (κ2) is 10.1. The molecule has 0 saturated heterocycles. The van der Waals surface area contributed by atoms with Crippen molar-refractivity contribution in [2.24, 2.45) is 11.1 Å². The van der Waals surface area contributed by atoms with E-state index in [1.165, 1.54) is 0 Å². The lowest BCUT2D eigenvalue weighted by Crippen LogP contribution is -2.42. The molecule has 0 aliphatic rings. The average molecular weight is 442 g/mol. The molecule has 1 radical (unpaired) electrons. The zero-order valence-electron chi connectivity index (χ0n) is 17.7. The van der Waals surface area contributed by atoms with Crippen LogP contribution in [0.25, 0.3) is 11.3 Å². The van der Waals surface area contributed by atoms with Crippen LogP contribution >= 0.6 is 11.6 Å². The first-order valence-electron chi connectivity index (χ1n) is 10.2. The molecule has 7 heteroatoms. The van der Waals surface area contributed by atoms with E-state index in [0.29, 0.717) is 23.2 Å². The normalized spacial score (nSPS) is 12.5. The van der Waals surface area contributed by atoms with Crippen molar-refractivity contribution in [1.29, 1.82) is 0 Å². The predicted octanol–water partition coefficient (Wildman–Crippen LogP) is 4.24. The monoisotopic (exact) mass is 441 g/mol. The summed E-state index contributed by atoms with van der Waals surface area (Å²) < 4.78 is 15.4. The zero-order chi connectivity index (χ0) is 22.4. The third-order valence-corrected chi connectivity index (χ3v) is 5.36. The smallest absolute Gasteiger partial charge is 0.226 e. The Hall–Kier alpha value is -2.70. The Balaban J connectivity index is 1.93. The van der Waals surface area contributed by atoms with E-state index in [1.54, 1.807) is 20.3 Å². The molecule has 0 unspecified atom stereocenters. The summed E-state index contributed by atoms with van der Waals surface area (Å²) in [4.78, 5) is 17.5. The SMILES string of the molecule is CC(C)([CH]c1nc(-c2ccccc2)c(Cl)n1Cc1ccccc1)C(=O)NC[C@H](F)CN. The first kappa shape index (κ1) is 23.0. The van der Waals surface area contributed by atoms with E-state index in [-0.39, 0.29) is 19.0 Å². The molecule has 0 aliphatic heterocycles. The van der Waals surface area contributed by atoms with Gasteiger partial charge in [-0.2, -0.15) is 0 Å². The van der Waals surface area contributed by atoms with Crippen molar-refractivity contribution in [3.05, 3.63) is 83.6 Å². The van der Waals surface area contributed by atoms with Crippen molar-refractivity contribution in [2.45, 2.75) is 26.6 Å². The van der Waals surface area contributed by atoms with Gasteiger partial charge in [-0.15, -0.1) is 0 Å². The highest BCUT2D eigenvalue weighted by Crippen LogP contribution is 2.33. The first-order valence-corrected chi connectivity index (χ1v) is 10.5. The van der Waals surface area contributed by atoms with E-state index in [2.05, 4.69) is 5.32 Å². The van der Waals surface area contributed by atoms with Crippen LogP contribution in [0.2, 0.25) is 5.15 Å². The topological polar surface area (TPSA) is 72.9 Å². The van der Waals surface area contributed by atoms with Gasteiger partial charge in [0.25, 0.3) is 0 Å². The summed E-state index contributed by atoms with van der Waals surface area (Å²) >= 11 is 6.76. The Morgan fingerprint density at radius 2 is 1.81 bits per heavy atom. The number of imidazole rings is 1. The molecule has 1 atom stereocenters. The zero-order valence-corrected chi connectivity index (χ0v) is 18.4. The largest absolute Gasteiger partial charge is 0.353 e. The molecule has 163 valence electrons. The number of alkyl halides is 1. The maximum Gasteiger partial charge on any atom is 0.226 e. The van der Waals surface area contributed by atoms with Crippen molar-refractivity contribution >= 4 is 17.5 Å². The molecule has 5 nitrogen and oxygen atoms in total. The van der Waals surface area contributed by atoms with Gasteiger partial charge in [0.2, 0.25) is 5.91 Å². The number of nitrogens with one attached hydrogen (secondary N) is 1. The molecule has 1 heterocycles. The first-order chi connectivity index (χ1) is 14.8. The number of nitrogens with two attached hydrogens (primary N) is 1. The average Bonchev–Trinajstić information content (AvgIpc) is 3.07. The Morgan fingerprint density at radius 1 is 1.19 bits per heavy atom. The number of carbonyl (C=O) groups excluding carboxylic acids is 1. The van der Waals surface area contributed by atoms with Crippen molar-refractivity contribution < 1.29 is 9.18 Å². The molecule has 0 fully saturated rings. The second-order valence-corrected chi connectivity index (χ2v) is 8.31. The van der Waals surface area contributed by atoms with Crippen LogP contribution in [-0.2, 0) is 11.3 Å². The predicted molar refractivity (Wildman–Crippen MR) is 122 cm³/mol. The summed E-state index contributed by atoms with van der Waals surface area (Å²) in [6.07, 6.45) is 0.484. The Bertz CT molecular complexity index is 1010. The summed E-state index contributed by atoms with van der Waals surface area (Å²) in [7, 11) is 0. The summed E-state index contributed by atoms with van der Waals surface area (Å²) in [5.41, 5.74) is 6.95. The highest BCUT2D eigenvalue weighted by Gasteiger charge is 2.32. The molecule has 1 amide bonds. The summed E-state index contributed by atoms with van der Waals surface area (Å²) in [5.74, 6) is 0.263. The minimum atomic E-state index is -1.28. The molecular formula is C24H27ClFN4O. The summed E-state index contributed by atoms with van der Waals surface area (Å²) in [6.45, 7) is 3.76. The number of nitrogens with zero attached hydrogens (tertiary/aromatic N) is 2. The van der Waals surface area contributed by atoms with Gasteiger partial charge in [0.15, 0.2) is 0 Å². The van der Waals surface area contributed by atoms with Gasteiger partial charge in [0.1, 0.15) is 22.8 Å². The van der Waals surface area contributed by atoms with Gasteiger partial charge in [-0.25, -0.2) is 9.37 Å². The van der Waals surface area contributed by atoms with E-state index in [9.17, 15) is 9.18 Å². The van der Waals surface area contributed by atoms with E-state index in [4.69, 9.17) is 22.3 Å². The van der Waals surface area contributed by atoms with Gasteiger partial charge in [-0.05, 0) is 5.56 Å². The van der Waals surface area contributed by atoms with Crippen LogP contribution < -0.4 is 11.1 Å². The van der Waals surface area contributed by atoms with E-state index in [1.807, 2.05) is 65.2 Å². The maximum absolute atomic E-state index is 13.5. The number of carbonyl (C=O) groups is 1. The molecule has 2 aromatic carbocycles. The molecule has 31 heavy (non-hydrogen) atoms. The number of aromatic nitrogens is 2. The number of amides is 1. The van der Waals surface area contributed by atoms with Crippen LogP contribution in [-0.4, -0.2) is 34.7 Å². The molecule has 1 aromatic heterocycles. The maximum atomic E-state index is 13.5. The van der Waals surface area contributed by atoms with Gasteiger partial charge in [0.05, 0.1) is 18.5 Å². The van der Waals surface area contributed by atoms with Gasteiger partial charge in [0, 0.05) is 18.5 Å². The van der Waals surface area contributed by atoms with E-state index < -0.39 is 11.6 Å². The van der Waals surface area contributed by atoms with Crippen LogP contribution in [0.4, 0.5) is 4.39 Å². The lowest BCUT2D eigenvalue weighted by Gasteiger charge is -2.24. The minimum Gasteiger partial charge on any atom is -0.353 e. The molecule has 3 N–H and O–H groups in total. The van der Waals surface area contributed by atoms with Crippen LogP contribution in [0, 0.1) is 11.8 Å². The van der Waals surface area contributed by atoms with Crippen LogP contribution in [0.15, 0.2) is 60.7 Å². The summed E-state index contributed by atoms with van der Waals surface area (Å²) in [6, 6.07) is 19.6. The van der Waals surface area contributed by atoms with Gasteiger partial charge in [-0.3, -0.25) is 4.79 Å². The number of benzene rings is 2. The molecule has 3 aromatic rings. The highest BCUT2D eigenvalue weighted by molar-refractivity contribution is 6.32. The fourth-order valence-electron chi connectivity index (χ4n) is 3.16. The van der Waals surface area contributed by atoms with Gasteiger partial charge >= 0.3 is 0 Å². The number of hydrogen-bond acceptors (Lipinski definition) is 3. The lowest BCUT2D eigenvalue weighted by molar-refractivity contribution is -0.127.